The van der Waals surface area contributed by atoms with Crippen molar-refractivity contribution in [3.8, 4) is 0 Å². The van der Waals surface area contributed by atoms with Gasteiger partial charge < -0.3 is 14.4 Å². The van der Waals surface area contributed by atoms with Crippen LogP contribution in [0.4, 0.5) is 11.4 Å². The van der Waals surface area contributed by atoms with Crippen molar-refractivity contribution in [3.63, 3.8) is 0 Å². The fourth-order valence-electron chi connectivity index (χ4n) is 2.77. The van der Waals surface area contributed by atoms with Crippen molar-refractivity contribution in [2.45, 2.75) is 6.92 Å². The SMILES string of the molecule is CCOC(=O)c1cnc2ccc([N+](=O)[O-])cc2c1N1CCOCC1. The second-order valence-electron chi connectivity index (χ2n) is 5.30. The molecule has 3 rings (SSSR count). The topological polar surface area (TPSA) is 94.8 Å². The minimum absolute atomic E-state index is 0.0418. The molecule has 0 spiro atoms. The second-order valence-corrected chi connectivity index (χ2v) is 5.30. The summed E-state index contributed by atoms with van der Waals surface area (Å²) >= 11 is 0. The summed E-state index contributed by atoms with van der Waals surface area (Å²) in [6.07, 6.45) is 1.47. The Morgan fingerprint density at radius 1 is 1.42 bits per heavy atom. The van der Waals surface area contributed by atoms with Crippen LogP contribution in [0.3, 0.4) is 0 Å². The Morgan fingerprint density at radius 3 is 2.83 bits per heavy atom. The van der Waals surface area contributed by atoms with E-state index in [9.17, 15) is 14.9 Å². The molecule has 24 heavy (non-hydrogen) atoms. The fourth-order valence-corrected chi connectivity index (χ4v) is 2.77. The van der Waals surface area contributed by atoms with Crippen molar-refractivity contribution >= 4 is 28.2 Å². The summed E-state index contributed by atoms with van der Waals surface area (Å²) in [5.74, 6) is -0.486. The van der Waals surface area contributed by atoms with E-state index >= 15 is 0 Å². The zero-order valence-corrected chi connectivity index (χ0v) is 13.2. The number of benzene rings is 1. The first-order valence-electron chi connectivity index (χ1n) is 7.68. The number of anilines is 1. The van der Waals surface area contributed by atoms with Crippen molar-refractivity contribution in [1.82, 2.24) is 4.98 Å². The summed E-state index contributed by atoms with van der Waals surface area (Å²) in [6.45, 7) is 4.21. The number of esters is 1. The van der Waals surface area contributed by atoms with E-state index in [1.165, 1.54) is 18.3 Å². The zero-order chi connectivity index (χ0) is 17.1. The van der Waals surface area contributed by atoms with Crippen LogP contribution in [0.2, 0.25) is 0 Å². The van der Waals surface area contributed by atoms with Gasteiger partial charge in [0.25, 0.3) is 5.69 Å². The first-order valence-corrected chi connectivity index (χ1v) is 7.68. The van der Waals surface area contributed by atoms with E-state index in [0.717, 1.165) is 0 Å². The smallest absolute Gasteiger partial charge is 0.341 e. The molecule has 0 amide bonds. The Balaban J connectivity index is 2.21. The number of non-ortho nitro benzene ring substituents is 1. The number of carbonyl (C=O) groups is 1. The Kier molecular flexibility index (Phi) is 4.57. The lowest BCUT2D eigenvalue weighted by atomic mass is 10.1. The van der Waals surface area contributed by atoms with E-state index in [1.807, 2.05) is 4.90 Å². The number of fused-ring (bicyclic) bond motifs is 1. The monoisotopic (exact) mass is 331 g/mol. The lowest BCUT2D eigenvalue weighted by molar-refractivity contribution is -0.384. The maximum absolute atomic E-state index is 12.3. The van der Waals surface area contributed by atoms with E-state index in [1.54, 1.807) is 13.0 Å². The average molecular weight is 331 g/mol. The molecule has 0 aliphatic carbocycles. The third-order valence-electron chi connectivity index (χ3n) is 3.86. The molecule has 2 heterocycles. The average Bonchev–Trinajstić information content (AvgIpc) is 2.61. The molecule has 2 aromatic rings. The van der Waals surface area contributed by atoms with Crippen LogP contribution >= 0.6 is 0 Å². The van der Waals surface area contributed by atoms with Crippen molar-refractivity contribution in [2.75, 3.05) is 37.8 Å². The molecule has 126 valence electrons. The molecule has 8 heteroatoms. The zero-order valence-electron chi connectivity index (χ0n) is 13.2. The highest BCUT2D eigenvalue weighted by atomic mass is 16.6. The van der Waals surface area contributed by atoms with Gasteiger partial charge in [0.15, 0.2) is 0 Å². The molecule has 0 radical (unpaired) electrons. The Hall–Kier alpha value is -2.74. The summed E-state index contributed by atoms with van der Waals surface area (Å²) in [5, 5.41) is 11.7. The maximum Gasteiger partial charge on any atom is 0.341 e. The fraction of sp³-hybridized carbons (Fsp3) is 0.375. The van der Waals surface area contributed by atoms with Gasteiger partial charge in [-0.3, -0.25) is 15.1 Å². The number of carbonyl (C=O) groups excluding carboxylic acids is 1. The largest absolute Gasteiger partial charge is 0.462 e. The van der Waals surface area contributed by atoms with E-state index in [4.69, 9.17) is 9.47 Å². The molecule has 1 aromatic carbocycles. The summed E-state index contributed by atoms with van der Waals surface area (Å²) < 4.78 is 10.5. The second kappa shape index (κ2) is 6.79. The number of nitro groups is 1. The number of pyridine rings is 1. The standard InChI is InChI=1S/C16H17N3O5/c1-2-24-16(20)13-10-17-14-4-3-11(19(21)22)9-12(14)15(13)18-5-7-23-8-6-18/h3-4,9-10H,2,5-8H2,1H3. The number of nitrogens with zero attached hydrogens (tertiary/aromatic N) is 3. The molecule has 8 nitrogen and oxygen atoms in total. The first-order chi connectivity index (χ1) is 11.6. The number of hydrogen-bond donors (Lipinski definition) is 0. The summed E-state index contributed by atoms with van der Waals surface area (Å²) in [7, 11) is 0. The van der Waals surface area contributed by atoms with Crippen molar-refractivity contribution in [1.29, 1.82) is 0 Å². The van der Waals surface area contributed by atoms with Crippen LogP contribution in [0.25, 0.3) is 10.9 Å². The van der Waals surface area contributed by atoms with E-state index in [-0.39, 0.29) is 12.3 Å². The Morgan fingerprint density at radius 2 is 2.17 bits per heavy atom. The van der Waals surface area contributed by atoms with Gasteiger partial charge in [0.2, 0.25) is 0 Å². The molecular formula is C16H17N3O5. The minimum Gasteiger partial charge on any atom is -0.462 e. The molecular weight excluding hydrogens is 314 g/mol. The summed E-state index contributed by atoms with van der Waals surface area (Å²) in [6, 6.07) is 4.45. The molecule has 1 saturated heterocycles. The predicted octanol–water partition coefficient (Wildman–Crippen LogP) is 2.16. The van der Waals surface area contributed by atoms with Crippen LogP contribution < -0.4 is 4.90 Å². The highest BCUT2D eigenvalue weighted by molar-refractivity contribution is 6.05. The van der Waals surface area contributed by atoms with Crippen LogP contribution in [0.15, 0.2) is 24.4 Å². The number of rotatable bonds is 4. The van der Waals surface area contributed by atoms with Gasteiger partial charge in [-0.25, -0.2) is 4.79 Å². The lowest BCUT2D eigenvalue weighted by Crippen LogP contribution is -2.37. The van der Waals surface area contributed by atoms with Crippen LogP contribution in [0, 0.1) is 10.1 Å². The van der Waals surface area contributed by atoms with Crippen LogP contribution in [-0.2, 0) is 9.47 Å². The van der Waals surface area contributed by atoms with Crippen LogP contribution in [-0.4, -0.2) is 48.8 Å². The molecule has 1 fully saturated rings. The Labute approximate surface area is 138 Å². The lowest BCUT2D eigenvalue weighted by Gasteiger charge is -2.31. The van der Waals surface area contributed by atoms with E-state index in [2.05, 4.69) is 4.98 Å². The number of ether oxygens (including phenoxy) is 2. The molecule has 1 aromatic heterocycles. The maximum atomic E-state index is 12.3. The first kappa shape index (κ1) is 16.1. The van der Waals surface area contributed by atoms with Gasteiger partial charge in [-0.1, -0.05) is 0 Å². The van der Waals surface area contributed by atoms with Gasteiger partial charge in [0.05, 0.1) is 35.9 Å². The van der Waals surface area contributed by atoms with Gasteiger partial charge in [-0.15, -0.1) is 0 Å². The van der Waals surface area contributed by atoms with Crippen molar-refractivity contribution < 1.29 is 19.2 Å². The van der Waals surface area contributed by atoms with Crippen molar-refractivity contribution in [2.24, 2.45) is 0 Å². The molecule has 0 bridgehead atoms. The molecule has 0 atom stereocenters. The number of hydrogen-bond acceptors (Lipinski definition) is 7. The molecule has 1 aliphatic rings. The van der Waals surface area contributed by atoms with E-state index < -0.39 is 10.9 Å². The number of morpholine rings is 1. The third-order valence-corrected chi connectivity index (χ3v) is 3.86. The van der Waals surface area contributed by atoms with Crippen LogP contribution in [0.1, 0.15) is 17.3 Å². The quantitative estimate of drug-likeness (QED) is 0.481. The van der Waals surface area contributed by atoms with Gasteiger partial charge in [-0.2, -0.15) is 0 Å². The predicted molar refractivity (Wildman–Crippen MR) is 87.4 cm³/mol. The van der Waals surface area contributed by atoms with Gasteiger partial charge in [0.1, 0.15) is 5.56 Å². The van der Waals surface area contributed by atoms with Gasteiger partial charge in [-0.05, 0) is 13.0 Å². The van der Waals surface area contributed by atoms with E-state index in [0.29, 0.717) is 48.5 Å². The molecule has 0 saturated carbocycles. The summed E-state index contributed by atoms with van der Waals surface area (Å²) in [5.41, 5.74) is 1.48. The van der Waals surface area contributed by atoms with Crippen LogP contribution in [0.5, 0.6) is 0 Å². The number of nitro benzene ring substituents is 1. The van der Waals surface area contributed by atoms with Gasteiger partial charge in [0, 0.05) is 36.8 Å². The molecule has 1 aliphatic heterocycles. The molecule has 0 unspecified atom stereocenters. The third kappa shape index (κ3) is 3.00. The van der Waals surface area contributed by atoms with Crippen molar-refractivity contribution in [3.05, 3.63) is 40.1 Å². The number of aromatic nitrogens is 1. The van der Waals surface area contributed by atoms with Gasteiger partial charge >= 0.3 is 5.97 Å². The normalized spacial score (nSPS) is 14.6. The minimum atomic E-state index is -0.486. The summed E-state index contributed by atoms with van der Waals surface area (Å²) in [4.78, 5) is 29.2. The molecule has 0 N–H and O–H groups in total. The highest BCUT2D eigenvalue weighted by Crippen LogP contribution is 2.33. The Bertz CT molecular complexity index is 787. The highest BCUT2D eigenvalue weighted by Gasteiger charge is 2.24.